The molecular weight excluding hydrogens is 380 g/mol. The lowest BCUT2D eigenvalue weighted by Gasteiger charge is -2.11. The molecule has 0 aliphatic carbocycles. The van der Waals surface area contributed by atoms with Crippen LogP contribution in [0.5, 0.6) is 5.75 Å². The van der Waals surface area contributed by atoms with Gasteiger partial charge in [-0.25, -0.2) is 0 Å². The molecular formula is C23H26N4O3. The number of carbonyl (C=O) groups is 1. The van der Waals surface area contributed by atoms with Crippen molar-refractivity contribution in [3.63, 3.8) is 0 Å². The number of nitrogens with one attached hydrogen (secondary N) is 2. The summed E-state index contributed by atoms with van der Waals surface area (Å²) in [5.41, 5.74) is 3.87. The lowest BCUT2D eigenvalue weighted by atomic mass is 10.1. The van der Waals surface area contributed by atoms with E-state index >= 15 is 0 Å². The fraction of sp³-hybridized carbons (Fsp3) is 0.348. The van der Waals surface area contributed by atoms with Crippen molar-refractivity contribution in [3.8, 4) is 17.1 Å². The van der Waals surface area contributed by atoms with Gasteiger partial charge in [0, 0.05) is 25.8 Å². The molecule has 0 bridgehead atoms. The first-order chi connectivity index (χ1) is 14.8. The summed E-state index contributed by atoms with van der Waals surface area (Å²) in [6.07, 6.45) is 6.86. The van der Waals surface area contributed by atoms with Crippen LogP contribution in [0.2, 0.25) is 0 Å². The topological polar surface area (TPSA) is 89.1 Å². The molecule has 1 aromatic carbocycles. The number of ether oxygens (including phenoxy) is 2. The zero-order valence-corrected chi connectivity index (χ0v) is 16.8. The van der Waals surface area contributed by atoms with Gasteiger partial charge >= 0.3 is 0 Å². The molecule has 1 aliphatic heterocycles. The molecule has 1 aliphatic rings. The van der Waals surface area contributed by atoms with Gasteiger partial charge in [0.1, 0.15) is 12.4 Å². The molecule has 2 N–H and O–H groups in total. The van der Waals surface area contributed by atoms with Gasteiger partial charge < -0.3 is 14.8 Å². The van der Waals surface area contributed by atoms with Crippen molar-refractivity contribution in [2.24, 2.45) is 0 Å². The number of pyridine rings is 1. The second-order valence-electron chi connectivity index (χ2n) is 7.40. The molecule has 156 valence electrons. The van der Waals surface area contributed by atoms with Gasteiger partial charge in [-0.2, -0.15) is 5.10 Å². The zero-order valence-electron chi connectivity index (χ0n) is 16.8. The summed E-state index contributed by atoms with van der Waals surface area (Å²) in [6.45, 7) is 1.86. The van der Waals surface area contributed by atoms with E-state index in [4.69, 9.17) is 9.47 Å². The fourth-order valence-electron chi connectivity index (χ4n) is 3.44. The maximum Gasteiger partial charge on any atom is 0.220 e. The van der Waals surface area contributed by atoms with Crippen LogP contribution in [0.4, 0.5) is 0 Å². The van der Waals surface area contributed by atoms with E-state index in [2.05, 4.69) is 26.6 Å². The zero-order chi connectivity index (χ0) is 20.6. The number of benzene rings is 1. The van der Waals surface area contributed by atoms with Crippen LogP contribution in [0, 0.1) is 0 Å². The Hall–Kier alpha value is -3.19. The van der Waals surface area contributed by atoms with Crippen LogP contribution in [-0.4, -0.2) is 40.3 Å². The molecule has 1 saturated heterocycles. The van der Waals surface area contributed by atoms with Crippen molar-refractivity contribution in [2.45, 2.75) is 38.4 Å². The summed E-state index contributed by atoms with van der Waals surface area (Å²) in [5.74, 6) is 0.771. The van der Waals surface area contributed by atoms with E-state index in [1.807, 2.05) is 36.4 Å². The monoisotopic (exact) mass is 406 g/mol. The van der Waals surface area contributed by atoms with Crippen LogP contribution in [-0.2, 0) is 22.6 Å². The first-order valence-electron chi connectivity index (χ1n) is 10.3. The standard InChI is InChI=1S/C23H26N4O3/c28-23(25-15-19-5-2-12-29-19)9-6-17-3-1-4-18(13-17)16-30-20-7-8-21(24-14-20)22-10-11-26-27-22/h1,3-4,7-8,10-11,13-14,19H,2,5-6,9,12,15-16H2,(H,25,28)(H,26,27)/t19-/m1/s1. The van der Waals surface area contributed by atoms with E-state index in [0.29, 0.717) is 31.7 Å². The number of hydrogen-bond donors (Lipinski definition) is 2. The van der Waals surface area contributed by atoms with Gasteiger partial charge in [-0.05, 0) is 48.6 Å². The van der Waals surface area contributed by atoms with E-state index in [1.165, 1.54) is 0 Å². The molecule has 2 aromatic heterocycles. The van der Waals surface area contributed by atoms with Crippen LogP contribution in [0.1, 0.15) is 30.4 Å². The third-order valence-electron chi connectivity index (χ3n) is 5.10. The van der Waals surface area contributed by atoms with E-state index in [-0.39, 0.29) is 12.0 Å². The Morgan fingerprint density at radius 3 is 2.93 bits per heavy atom. The average molecular weight is 406 g/mol. The highest BCUT2D eigenvalue weighted by atomic mass is 16.5. The molecule has 0 spiro atoms. The van der Waals surface area contributed by atoms with E-state index in [9.17, 15) is 4.79 Å². The molecule has 30 heavy (non-hydrogen) atoms. The third kappa shape index (κ3) is 5.67. The van der Waals surface area contributed by atoms with Gasteiger partial charge in [0.15, 0.2) is 0 Å². The van der Waals surface area contributed by atoms with Gasteiger partial charge in [0.2, 0.25) is 5.91 Å². The van der Waals surface area contributed by atoms with Crippen LogP contribution in [0.15, 0.2) is 54.9 Å². The Balaban J connectivity index is 1.23. The lowest BCUT2D eigenvalue weighted by molar-refractivity contribution is -0.121. The molecule has 3 aromatic rings. The van der Waals surface area contributed by atoms with Crippen LogP contribution >= 0.6 is 0 Å². The van der Waals surface area contributed by atoms with Crippen LogP contribution in [0.25, 0.3) is 11.4 Å². The van der Waals surface area contributed by atoms with E-state index in [0.717, 1.165) is 42.0 Å². The van der Waals surface area contributed by atoms with Gasteiger partial charge in [-0.1, -0.05) is 24.3 Å². The van der Waals surface area contributed by atoms with Gasteiger partial charge in [-0.15, -0.1) is 0 Å². The number of aromatic nitrogens is 3. The molecule has 1 fully saturated rings. The highest BCUT2D eigenvalue weighted by molar-refractivity contribution is 5.76. The normalized spacial score (nSPS) is 15.8. The predicted octanol–water partition coefficient (Wildman–Crippen LogP) is 3.28. The Labute approximate surface area is 175 Å². The molecule has 4 rings (SSSR count). The number of hydrogen-bond acceptors (Lipinski definition) is 5. The minimum Gasteiger partial charge on any atom is -0.487 e. The van der Waals surface area contributed by atoms with Crippen molar-refractivity contribution < 1.29 is 14.3 Å². The predicted molar refractivity (Wildman–Crippen MR) is 113 cm³/mol. The maximum atomic E-state index is 12.1. The first-order valence-corrected chi connectivity index (χ1v) is 10.3. The van der Waals surface area contributed by atoms with Crippen molar-refractivity contribution in [2.75, 3.05) is 13.2 Å². The minimum absolute atomic E-state index is 0.0654. The Morgan fingerprint density at radius 2 is 2.17 bits per heavy atom. The second-order valence-corrected chi connectivity index (χ2v) is 7.40. The number of rotatable bonds is 9. The van der Waals surface area contributed by atoms with Crippen LogP contribution < -0.4 is 10.1 Å². The summed E-state index contributed by atoms with van der Waals surface area (Å²) in [7, 11) is 0. The summed E-state index contributed by atoms with van der Waals surface area (Å²) < 4.78 is 11.4. The first kappa shape index (κ1) is 20.1. The SMILES string of the molecule is O=C(CCc1cccc(COc2ccc(-c3ccn[nH]3)nc2)c1)NC[C@H]1CCCO1. The molecule has 7 heteroatoms. The van der Waals surface area contributed by atoms with E-state index in [1.54, 1.807) is 12.4 Å². The maximum absolute atomic E-state index is 12.1. The van der Waals surface area contributed by atoms with Gasteiger partial charge in [-0.3, -0.25) is 14.9 Å². The smallest absolute Gasteiger partial charge is 0.220 e. The molecule has 1 atom stereocenters. The summed E-state index contributed by atoms with van der Waals surface area (Å²) in [5, 5.41) is 9.79. The molecule has 1 amide bonds. The fourth-order valence-corrected chi connectivity index (χ4v) is 3.44. The molecule has 3 heterocycles. The summed E-state index contributed by atoms with van der Waals surface area (Å²) >= 11 is 0. The van der Waals surface area contributed by atoms with Crippen molar-refractivity contribution in [1.29, 1.82) is 0 Å². The highest BCUT2D eigenvalue weighted by Gasteiger charge is 2.16. The Morgan fingerprint density at radius 1 is 1.23 bits per heavy atom. The van der Waals surface area contributed by atoms with Gasteiger partial charge in [0.25, 0.3) is 0 Å². The minimum atomic E-state index is 0.0654. The molecule has 0 saturated carbocycles. The number of nitrogens with zero attached hydrogens (tertiary/aromatic N) is 2. The van der Waals surface area contributed by atoms with E-state index < -0.39 is 0 Å². The highest BCUT2D eigenvalue weighted by Crippen LogP contribution is 2.18. The summed E-state index contributed by atoms with van der Waals surface area (Å²) in [6, 6.07) is 13.8. The number of aromatic amines is 1. The van der Waals surface area contributed by atoms with Crippen LogP contribution in [0.3, 0.4) is 0 Å². The second kappa shape index (κ2) is 10.0. The molecule has 0 radical (unpaired) electrons. The largest absolute Gasteiger partial charge is 0.487 e. The lowest BCUT2D eigenvalue weighted by Crippen LogP contribution is -2.31. The summed E-state index contributed by atoms with van der Waals surface area (Å²) in [4.78, 5) is 16.5. The average Bonchev–Trinajstić information content (AvgIpc) is 3.50. The Kier molecular flexibility index (Phi) is 6.72. The number of carbonyl (C=O) groups excluding carboxylic acids is 1. The van der Waals surface area contributed by atoms with Crippen molar-refractivity contribution in [1.82, 2.24) is 20.5 Å². The van der Waals surface area contributed by atoms with Crippen molar-refractivity contribution >= 4 is 5.91 Å². The molecule has 7 nitrogen and oxygen atoms in total. The van der Waals surface area contributed by atoms with Gasteiger partial charge in [0.05, 0.1) is 23.7 Å². The number of aryl methyl sites for hydroxylation is 1. The molecule has 0 unspecified atom stereocenters. The number of amides is 1. The third-order valence-corrected chi connectivity index (χ3v) is 5.10. The number of H-pyrrole nitrogens is 1. The van der Waals surface area contributed by atoms with Crippen molar-refractivity contribution in [3.05, 3.63) is 66.0 Å². The Bertz CT molecular complexity index is 935. The quantitative estimate of drug-likeness (QED) is 0.569.